The van der Waals surface area contributed by atoms with E-state index < -0.39 is 0 Å². The fraction of sp³-hybridized carbons (Fsp3) is 0.455. The van der Waals surface area contributed by atoms with E-state index in [9.17, 15) is 4.79 Å². The van der Waals surface area contributed by atoms with E-state index in [0.717, 1.165) is 37.6 Å². The number of allylic oxidation sites excluding steroid dienone is 3. The lowest BCUT2D eigenvalue weighted by Gasteiger charge is -2.57. The van der Waals surface area contributed by atoms with Crippen LogP contribution in [0.25, 0.3) is 16.7 Å². The molecule has 1 heterocycles. The standard InChI is InChI=1S/C33H36N2O2/c1-32-18-16-24(37-31(36)22-8-4-3-5-9-22)20-23(32)12-13-25-26-14-15-30(33(26,2)19-17-27(25)32)35-21-34-28-10-6-7-11-29(28)35/h3-12,15,21,24-27H,13-14,16-20H2,1-2H3/t24-,25?,26?,27?,32-,33-/m0/s1. The lowest BCUT2D eigenvalue weighted by atomic mass is 9.47. The van der Waals surface area contributed by atoms with Crippen molar-refractivity contribution >= 4 is 22.7 Å². The molecule has 2 saturated carbocycles. The second kappa shape index (κ2) is 8.44. The van der Waals surface area contributed by atoms with Crippen molar-refractivity contribution in [2.24, 2.45) is 28.6 Å². The molecule has 4 aliphatic rings. The van der Waals surface area contributed by atoms with Crippen LogP contribution in [0.4, 0.5) is 0 Å². The zero-order valence-corrected chi connectivity index (χ0v) is 21.9. The van der Waals surface area contributed by atoms with Crippen LogP contribution in [0.3, 0.4) is 0 Å². The number of nitrogens with zero attached hydrogens (tertiary/aromatic N) is 2. The minimum atomic E-state index is -0.187. The highest BCUT2D eigenvalue weighted by atomic mass is 16.5. The molecule has 0 spiro atoms. The maximum Gasteiger partial charge on any atom is 0.338 e. The summed E-state index contributed by atoms with van der Waals surface area (Å²) in [4.78, 5) is 17.4. The van der Waals surface area contributed by atoms with Gasteiger partial charge in [-0.15, -0.1) is 0 Å². The summed E-state index contributed by atoms with van der Waals surface area (Å²) >= 11 is 0. The Morgan fingerprint density at radius 3 is 2.57 bits per heavy atom. The molecule has 3 aromatic rings. The van der Waals surface area contributed by atoms with Crippen LogP contribution in [0, 0.1) is 28.6 Å². The summed E-state index contributed by atoms with van der Waals surface area (Å²) in [6.07, 6.45) is 14.9. The smallest absolute Gasteiger partial charge is 0.338 e. The molecule has 2 aromatic carbocycles. The summed E-state index contributed by atoms with van der Waals surface area (Å²) in [5.74, 6) is 1.90. The summed E-state index contributed by atoms with van der Waals surface area (Å²) in [7, 11) is 0. The molecule has 0 amide bonds. The summed E-state index contributed by atoms with van der Waals surface area (Å²) in [5.41, 5.74) is 6.36. The molecule has 4 aliphatic carbocycles. The van der Waals surface area contributed by atoms with Crippen molar-refractivity contribution in [1.29, 1.82) is 0 Å². The average molecular weight is 493 g/mol. The van der Waals surface area contributed by atoms with E-state index in [1.807, 2.05) is 36.7 Å². The van der Waals surface area contributed by atoms with Gasteiger partial charge in [0.25, 0.3) is 0 Å². The van der Waals surface area contributed by atoms with Gasteiger partial charge in [-0.1, -0.05) is 61.9 Å². The summed E-state index contributed by atoms with van der Waals surface area (Å²) in [5, 5.41) is 0. The third-order valence-electron chi connectivity index (χ3n) is 10.6. The molecule has 2 fully saturated rings. The van der Waals surface area contributed by atoms with Gasteiger partial charge in [-0.3, -0.25) is 0 Å². The summed E-state index contributed by atoms with van der Waals surface area (Å²) in [6.45, 7) is 5.03. The van der Waals surface area contributed by atoms with Crippen molar-refractivity contribution in [3.63, 3.8) is 0 Å². The Kier molecular flexibility index (Phi) is 5.25. The van der Waals surface area contributed by atoms with Crippen molar-refractivity contribution < 1.29 is 9.53 Å². The summed E-state index contributed by atoms with van der Waals surface area (Å²) < 4.78 is 8.36. The monoisotopic (exact) mass is 492 g/mol. The fourth-order valence-electron chi connectivity index (χ4n) is 8.59. The van der Waals surface area contributed by atoms with Gasteiger partial charge in [0.1, 0.15) is 12.4 Å². The van der Waals surface area contributed by atoms with E-state index >= 15 is 0 Å². The van der Waals surface area contributed by atoms with Crippen LogP contribution >= 0.6 is 0 Å². The van der Waals surface area contributed by atoms with E-state index in [4.69, 9.17) is 9.72 Å². The molecule has 4 heteroatoms. The molecule has 1 aromatic heterocycles. The Bertz CT molecular complexity index is 1420. The molecule has 0 bridgehead atoms. The first-order chi connectivity index (χ1) is 18.0. The van der Waals surface area contributed by atoms with Gasteiger partial charge in [-0.05, 0) is 86.0 Å². The van der Waals surface area contributed by atoms with Crippen LogP contribution in [-0.2, 0) is 4.74 Å². The predicted molar refractivity (Wildman–Crippen MR) is 147 cm³/mol. The van der Waals surface area contributed by atoms with Crippen LogP contribution in [0.1, 0.15) is 69.2 Å². The van der Waals surface area contributed by atoms with Gasteiger partial charge < -0.3 is 9.30 Å². The van der Waals surface area contributed by atoms with Gasteiger partial charge in [0.05, 0.1) is 16.6 Å². The SMILES string of the molecule is C[C@]12CC[C@H](OC(=O)c3ccccc3)CC1=CCC1C2CC[C@]2(C)C(n3cnc4ccccc43)=CCC12. The molecule has 0 radical (unpaired) electrons. The first-order valence-corrected chi connectivity index (χ1v) is 14.1. The van der Waals surface area contributed by atoms with Crippen molar-refractivity contribution in [3.8, 4) is 0 Å². The number of rotatable bonds is 3. The third kappa shape index (κ3) is 3.48. The van der Waals surface area contributed by atoms with E-state index in [-0.39, 0.29) is 22.9 Å². The van der Waals surface area contributed by atoms with Crippen molar-refractivity contribution in [2.75, 3.05) is 0 Å². The van der Waals surface area contributed by atoms with Crippen molar-refractivity contribution in [3.05, 3.63) is 84.2 Å². The van der Waals surface area contributed by atoms with Crippen LogP contribution in [0.2, 0.25) is 0 Å². The zero-order valence-electron chi connectivity index (χ0n) is 21.9. The molecular weight excluding hydrogens is 456 g/mol. The molecule has 190 valence electrons. The Balaban J connectivity index is 1.11. The third-order valence-corrected chi connectivity index (χ3v) is 10.6. The molecular formula is C33H36N2O2. The number of carbonyl (C=O) groups excluding carboxylic acids is 1. The van der Waals surface area contributed by atoms with E-state index in [1.165, 1.54) is 24.1 Å². The van der Waals surface area contributed by atoms with Gasteiger partial charge in [0, 0.05) is 17.5 Å². The Labute approximate surface area is 219 Å². The predicted octanol–water partition coefficient (Wildman–Crippen LogP) is 7.68. The molecule has 4 nitrogen and oxygen atoms in total. The number of fused-ring (bicyclic) bond motifs is 6. The minimum Gasteiger partial charge on any atom is -0.458 e. The highest BCUT2D eigenvalue weighted by molar-refractivity contribution is 5.89. The number of esters is 1. The van der Waals surface area contributed by atoms with Crippen molar-refractivity contribution in [1.82, 2.24) is 9.55 Å². The first-order valence-electron chi connectivity index (χ1n) is 14.1. The van der Waals surface area contributed by atoms with Gasteiger partial charge in [0.15, 0.2) is 0 Å². The number of benzene rings is 2. The van der Waals surface area contributed by atoms with E-state index in [2.05, 4.69) is 54.8 Å². The quantitative estimate of drug-likeness (QED) is 0.278. The van der Waals surface area contributed by atoms with Gasteiger partial charge in [-0.2, -0.15) is 0 Å². The van der Waals surface area contributed by atoms with E-state index in [1.54, 1.807) is 5.57 Å². The maximum absolute atomic E-state index is 12.7. The fourth-order valence-corrected chi connectivity index (χ4v) is 8.59. The number of para-hydroxylation sites is 2. The van der Waals surface area contributed by atoms with Gasteiger partial charge in [0.2, 0.25) is 0 Å². The lowest BCUT2D eigenvalue weighted by molar-refractivity contribution is -0.0315. The molecule has 37 heavy (non-hydrogen) atoms. The lowest BCUT2D eigenvalue weighted by Crippen LogP contribution is -2.50. The molecule has 0 N–H and O–H groups in total. The molecule has 3 unspecified atom stereocenters. The number of hydrogen-bond acceptors (Lipinski definition) is 3. The van der Waals surface area contributed by atoms with Crippen molar-refractivity contribution in [2.45, 2.75) is 64.9 Å². The average Bonchev–Trinajstić information content (AvgIpc) is 3.49. The number of ether oxygens (including phenoxy) is 1. The molecule has 7 rings (SSSR count). The minimum absolute atomic E-state index is 0.00768. The number of carbonyl (C=O) groups is 1. The van der Waals surface area contributed by atoms with Gasteiger partial charge in [-0.25, -0.2) is 9.78 Å². The Morgan fingerprint density at radius 2 is 1.70 bits per heavy atom. The molecule has 0 saturated heterocycles. The van der Waals surface area contributed by atoms with Crippen LogP contribution < -0.4 is 0 Å². The number of imidazole rings is 1. The highest BCUT2D eigenvalue weighted by Crippen LogP contribution is 2.65. The van der Waals surface area contributed by atoms with Crippen LogP contribution in [0.15, 0.2) is 78.6 Å². The second-order valence-corrected chi connectivity index (χ2v) is 12.3. The van der Waals surface area contributed by atoms with Crippen LogP contribution in [-0.4, -0.2) is 21.6 Å². The first kappa shape index (κ1) is 23.0. The number of hydrogen-bond donors (Lipinski definition) is 0. The molecule has 0 aliphatic heterocycles. The maximum atomic E-state index is 12.7. The largest absolute Gasteiger partial charge is 0.458 e. The highest BCUT2D eigenvalue weighted by Gasteiger charge is 2.57. The Hall–Kier alpha value is -3.14. The van der Waals surface area contributed by atoms with E-state index in [0.29, 0.717) is 23.3 Å². The van der Waals surface area contributed by atoms with Gasteiger partial charge >= 0.3 is 5.97 Å². The Morgan fingerprint density at radius 1 is 0.919 bits per heavy atom. The summed E-state index contributed by atoms with van der Waals surface area (Å²) in [6, 6.07) is 17.9. The second-order valence-electron chi connectivity index (χ2n) is 12.3. The van der Waals surface area contributed by atoms with Crippen LogP contribution in [0.5, 0.6) is 0 Å². The number of aromatic nitrogens is 2. The molecule has 6 atom stereocenters. The normalized spacial score (nSPS) is 34.6. The zero-order chi connectivity index (χ0) is 25.2. The topological polar surface area (TPSA) is 44.1 Å².